The second-order valence-corrected chi connectivity index (χ2v) is 3.02. The van der Waals surface area contributed by atoms with Gasteiger partial charge in [-0.3, -0.25) is 4.79 Å². The van der Waals surface area contributed by atoms with Gasteiger partial charge in [-0.25, -0.2) is 0 Å². The van der Waals surface area contributed by atoms with E-state index in [1.807, 2.05) is 12.1 Å². The van der Waals surface area contributed by atoms with E-state index in [2.05, 4.69) is 0 Å². The van der Waals surface area contributed by atoms with Gasteiger partial charge in [-0.15, -0.1) is 0 Å². The van der Waals surface area contributed by atoms with Gasteiger partial charge in [0.05, 0.1) is 6.26 Å². The monoisotopic (exact) mass is 170 g/mol. The molecule has 0 saturated heterocycles. The number of furan rings is 1. The van der Waals surface area contributed by atoms with Crippen molar-refractivity contribution in [1.82, 2.24) is 0 Å². The number of thioether (sulfide) groups is 1. The molecule has 0 atom stereocenters. The van der Waals surface area contributed by atoms with E-state index >= 15 is 0 Å². The minimum absolute atomic E-state index is 0.210. The quantitative estimate of drug-likeness (QED) is 0.696. The summed E-state index contributed by atoms with van der Waals surface area (Å²) < 4.78 is 5.07. The second-order valence-electron chi connectivity index (χ2n) is 2.16. The molecule has 3 heteroatoms. The van der Waals surface area contributed by atoms with Crippen LogP contribution in [0.3, 0.4) is 0 Å². The molecule has 0 spiro atoms. The minimum atomic E-state index is 0.210. The Morgan fingerprint density at radius 2 is 2.55 bits per heavy atom. The van der Waals surface area contributed by atoms with Crippen molar-refractivity contribution in [2.24, 2.45) is 0 Å². The van der Waals surface area contributed by atoms with Gasteiger partial charge in [0.1, 0.15) is 5.76 Å². The summed E-state index contributed by atoms with van der Waals surface area (Å²) in [5.41, 5.74) is 0. The van der Waals surface area contributed by atoms with Gasteiger partial charge in [0.15, 0.2) is 5.12 Å². The molecule has 60 valence electrons. The Hall–Kier alpha value is -0.700. The Balaban J connectivity index is 2.29. The van der Waals surface area contributed by atoms with Crippen molar-refractivity contribution in [3.63, 3.8) is 0 Å². The zero-order valence-electron chi connectivity index (χ0n) is 6.37. The van der Waals surface area contributed by atoms with Gasteiger partial charge in [-0.1, -0.05) is 11.8 Å². The average Bonchev–Trinajstić information content (AvgIpc) is 2.52. The average molecular weight is 170 g/mol. The predicted octanol–water partition coefficient (Wildman–Crippen LogP) is 2.10. The van der Waals surface area contributed by atoms with Crippen LogP contribution in [-0.2, 0) is 11.2 Å². The molecule has 0 aliphatic rings. The third kappa shape index (κ3) is 2.80. The highest BCUT2D eigenvalue weighted by molar-refractivity contribution is 8.13. The molecule has 1 aromatic heterocycles. The maximum absolute atomic E-state index is 10.8. The molecule has 1 rings (SSSR count). The van der Waals surface area contributed by atoms with E-state index in [4.69, 9.17) is 4.42 Å². The normalized spacial score (nSPS) is 9.91. The van der Waals surface area contributed by atoms with Gasteiger partial charge in [0, 0.05) is 12.8 Å². The van der Waals surface area contributed by atoms with Crippen molar-refractivity contribution >= 4 is 16.9 Å². The number of carbonyl (C=O) groups excluding carboxylic acids is 1. The molecule has 1 heterocycles. The van der Waals surface area contributed by atoms with Gasteiger partial charge in [0.2, 0.25) is 0 Å². The Kier molecular flexibility index (Phi) is 3.23. The molecule has 0 saturated carbocycles. The summed E-state index contributed by atoms with van der Waals surface area (Å²) in [6, 6.07) is 3.71. The molecule has 0 unspecified atom stereocenters. The first-order valence-electron chi connectivity index (χ1n) is 3.42. The highest BCUT2D eigenvalue weighted by Gasteiger charge is 2.01. The molecule has 0 aromatic carbocycles. The van der Waals surface area contributed by atoms with Crippen LogP contribution in [0, 0.1) is 0 Å². The van der Waals surface area contributed by atoms with Crippen molar-refractivity contribution in [3.8, 4) is 0 Å². The summed E-state index contributed by atoms with van der Waals surface area (Å²) in [6.45, 7) is 0. The first-order valence-corrected chi connectivity index (χ1v) is 4.64. The summed E-state index contributed by atoms with van der Waals surface area (Å²) >= 11 is 1.27. The van der Waals surface area contributed by atoms with E-state index in [1.165, 1.54) is 11.8 Å². The molecular weight excluding hydrogens is 160 g/mol. The van der Waals surface area contributed by atoms with Crippen LogP contribution in [0.15, 0.2) is 22.8 Å². The van der Waals surface area contributed by atoms with E-state index in [0.717, 1.165) is 5.76 Å². The lowest BCUT2D eigenvalue weighted by atomic mass is 10.3. The zero-order chi connectivity index (χ0) is 8.10. The van der Waals surface area contributed by atoms with Crippen LogP contribution in [0.2, 0.25) is 0 Å². The fourth-order valence-corrected chi connectivity index (χ4v) is 1.09. The van der Waals surface area contributed by atoms with Gasteiger partial charge >= 0.3 is 0 Å². The summed E-state index contributed by atoms with van der Waals surface area (Å²) in [5, 5.41) is 0.210. The number of aryl methyl sites for hydroxylation is 1. The number of carbonyl (C=O) groups is 1. The maximum atomic E-state index is 10.8. The minimum Gasteiger partial charge on any atom is -0.469 e. The third-order valence-corrected chi connectivity index (χ3v) is 2.04. The number of hydrogen-bond acceptors (Lipinski definition) is 3. The number of hydrogen-bond donors (Lipinski definition) is 0. The lowest BCUT2D eigenvalue weighted by molar-refractivity contribution is -0.110. The van der Waals surface area contributed by atoms with Crippen LogP contribution in [-0.4, -0.2) is 11.4 Å². The van der Waals surface area contributed by atoms with Crippen LogP contribution in [0.4, 0.5) is 0 Å². The molecule has 0 aliphatic carbocycles. The van der Waals surface area contributed by atoms with Crippen molar-refractivity contribution in [3.05, 3.63) is 24.2 Å². The van der Waals surface area contributed by atoms with Crippen molar-refractivity contribution in [2.75, 3.05) is 6.26 Å². The van der Waals surface area contributed by atoms with Crippen molar-refractivity contribution in [2.45, 2.75) is 12.8 Å². The van der Waals surface area contributed by atoms with Crippen LogP contribution < -0.4 is 0 Å². The highest BCUT2D eigenvalue weighted by atomic mass is 32.2. The third-order valence-electron chi connectivity index (χ3n) is 1.38. The van der Waals surface area contributed by atoms with E-state index in [0.29, 0.717) is 12.8 Å². The van der Waals surface area contributed by atoms with Crippen LogP contribution in [0.1, 0.15) is 12.2 Å². The van der Waals surface area contributed by atoms with Crippen LogP contribution in [0.25, 0.3) is 0 Å². The Bertz CT molecular complexity index is 216. The maximum Gasteiger partial charge on any atom is 0.189 e. The number of rotatable bonds is 3. The molecule has 2 nitrogen and oxygen atoms in total. The summed E-state index contributed by atoms with van der Waals surface area (Å²) in [4.78, 5) is 10.8. The molecular formula is C8H10O2S. The summed E-state index contributed by atoms with van der Waals surface area (Å²) in [7, 11) is 0. The molecule has 0 bridgehead atoms. The van der Waals surface area contributed by atoms with E-state index < -0.39 is 0 Å². The smallest absolute Gasteiger partial charge is 0.189 e. The summed E-state index contributed by atoms with van der Waals surface area (Å²) in [6.07, 6.45) is 4.70. The first-order chi connectivity index (χ1) is 5.33. The van der Waals surface area contributed by atoms with Gasteiger partial charge < -0.3 is 4.42 Å². The van der Waals surface area contributed by atoms with E-state index in [9.17, 15) is 4.79 Å². The molecule has 1 aromatic rings. The second kappa shape index (κ2) is 4.23. The van der Waals surface area contributed by atoms with Gasteiger partial charge in [-0.2, -0.15) is 0 Å². The molecule has 0 aliphatic heterocycles. The predicted molar refractivity (Wildman–Crippen MR) is 45.6 cm³/mol. The topological polar surface area (TPSA) is 30.2 Å². The Morgan fingerprint density at radius 1 is 1.73 bits per heavy atom. The molecule has 0 N–H and O–H groups in total. The summed E-state index contributed by atoms with van der Waals surface area (Å²) in [5.74, 6) is 0.882. The van der Waals surface area contributed by atoms with Crippen LogP contribution >= 0.6 is 11.8 Å². The zero-order valence-corrected chi connectivity index (χ0v) is 7.19. The molecule has 0 amide bonds. The lowest BCUT2D eigenvalue weighted by Crippen LogP contribution is -1.92. The lowest BCUT2D eigenvalue weighted by Gasteiger charge is -1.92. The Labute approximate surface area is 70.0 Å². The van der Waals surface area contributed by atoms with Crippen molar-refractivity contribution < 1.29 is 9.21 Å². The van der Waals surface area contributed by atoms with Crippen molar-refractivity contribution in [1.29, 1.82) is 0 Å². The highest BCUT2D eigenvalue weighted by Crippen LogP contribution is 2.07. The standard InChI is InChI=1S/C8H10O2S/c1-11-8(9)5-4-7-3-2-6-10-7/h2-3,6H,4-5H2,1H3. The fourth-order valence-electron chi connectivity index (χ4n) is 0.782. The fraction of sp³-hybridized carbons (Fsp3) is 0.375. The first kappa shape index (κ1) is 8.40. The van der Waals surface area contributed by atoms with Gasteiger partial charge in [0.25, 0.3) is 0 Å². The molecule has 11 heavy (non-hydrogen) atoms. The SMILES string of the molecule is CSC(=O)CCc1ccco1. The Morgan fingerprint density at radius 3 is 3.09 bits per heavy atom. The molecule has 0 fully saturated rings. The van der Waals surface area contributed by atoms with Crippen LogP contribution in [0.5, 0.6) is 0 Å². The van der Waals surface area contributed by atoms with Gasteiger partial charge in [-0.05, 0) is 18.4 Å². The van der Waals surface area contributed by atoms with E-state index in [1.54, 1.807) is 12.5 Å². The molecule has 0 radical (unpaired) electrons. The largest absolute Gasteiger partial charge is 0.469 e. The van der Waals surface area contributed by atoms with E-state index in [-0.39, 0.29) is 5.12 Å².